The zero-order valence-electron chi connectivity index (χ0n) is 15.9. The van der Waals surface area contributed by atoms with Crippen molar-refractivity contribution >= 4 is 0 Å². The van der Waals surface area contributed by atoms with Crippen molar-refractivity contribution in [1.82, 2.24) is 0 Å². The third-order valence-electron chi connectivity index (χ3n) is 5.56. The number of nitriles is 1. The highest BCUT2D eigenvalue weighted by Gasteiger charge is 2.26. The van der Waals surface area contributed by atoms with Crippen LogP contribution in [0.3, 0.4) is 0 Å². The molecule has 0 aliphatic heterocycles. The molecule has 1 saturated carbocycles. The fourth-order valence-corrected chi connectivity index (χ4v) is 3.80. The minimum atomic E-state index is 0.314. The van der Waals surface area contributed by atoms with E-state index in [1.807, 2.05) is 18.4 Å². The van der Waals surface area contributed by atoms with Gasteiger partial charge in [-0.3, -0.25) is 0 Å². The molecule has 2 rings (SSSR count). The maximum absolute atomic E-state index is 8.91. The second-order valence-electron chi connectivity index (χ2n) is 7.41. The summed E-state index contributed by atoms with van der Waals surface area (Å²) >= 11 is 0. The van der Waals surface area contributed by atoms with Gasteiger partial charge in [-0.1, -0.05) is 38.3 Å². The average molecular weight is 340 g/mol. The van der Waals surface area contributed by atoms with Gasteiger partial charge in [-0.05, 0) is 81.1 Å². The first-order chi connectivity index (χ1) is 12.2. The number of allylic oxidation sites excluding steroid dienone is 1. The lowest BCUT2D eigenvalue weighted by Gasteiger charge is -2.32. The van der Waals surface area contributed by atoms with Crippen LogP contribution in [0.5, 0.6) is 0 Å². The number of hydrogen-bond acceptors (Lipinski definition) is 2. The van der Waals surface area contributed by atoms with Crippen LogP contribution in [0, 0.1) is 17.2 Å². The minimum absolute atomic E-state index is 0.314. The third-order valence-corrected chi connectivity index (χ3v) is 5.56. The molecule has 1 aromatic carbocycles. The van der Waals surface area contributed by atoms with E-state index in [9.17, 15) is 0 Å². The molecule has 1 fully saturated rings. The molecule has 0 aromatic heterocycles. The Hall–Kier alpha value is -1.75. The molecule has 2 heteroatoms. The van der Waals surface area contributed by atoms with E-state index in [1.165, 1.54) is 56.9 Å². The summed E-state index contributed by atoms with van der Waals surface area (Å²) in [7, 11) is 0. The second-order valence-corrected chi connectivity index (χ2v) is 7.41. The Labute approximate surface area is 153 Å². The van der Waals surface area contributed by atoms with Crippen molar-refractivity contribution in [2.45, 2.75) is 83.7 Å². The van der Waals surface area contributed by atoms with E-state index in [0.717, 1.165) is 12.0 Å². The highest BCUT2D eigenvalue weighted by molar-refractivity contribution is 5.33. The van der Waals surface area contributed by atoms with Crippen LogP contribution in [-0.4, -0.2) is 6.10 Å². The highest BCUT2D eigenvalue weighted by atomic mass is 16.5. The zero-order chi connectivity index (χ0) is 17.9. The lowest BCUT2D eigenvalue weighted by atomic mass is 9.77. The molecule has 136 valence electrons. The van der Waals surface area contributed by atoms with E-state index < -0.39 is 0 Å². The summed E-state index contributed by atoms with van der Waals surface area (Å²) in [5.74, 6) is 1.31. The van der Waals surface area contributed by atoms with Gasteiger partial charge in [0.05, 0.1) is 24.0 Å². The summed E-state index contributed by atoms with van der Waals surface area (Å²) in [6.07, 6.45) is 15.7. The summed E-state index contributed by atoms with van der Waals surface area (Å²) in [6.45, 7) is 4.46. The molecule has 1 aromatic rings. The molecule has 0 heterocycles. The molecule has 1 unspecified atom stereocenters. The van der Waals surface area contributed by atoms with Crippen LogP contribution in [0.4, 0.5) is 0 Å². The van der Waals surface area contributed by atoms with Crippen LogP contribution in [0.15, 0.2) is 36.6 Å². The van der Waals surface area contributed by atoms with E-state index in [-0.39, 0.29) is 0 Å². The van der Waals surface area contributed by atoms with Crippen LogP contribution in [0.1, 0.15) is 88.7 Å². The first-order valence-electron chi connectivity index (χ1n) is 10.0. The standard InChI is InChI=1S/C23H33NO/c1-3-4-5-6-7-8-17-25-19(2)21-13-15-23(16-14-21)22-11-9-20(18-24)10-12-22/h8-12,17,19,21,23H,3-7,13-16H2,1-2H3/b17-8+. The fraction of sp³-hybridized carbons (Fsp3) is 0.609. The zero-order valence-corrected chi connectivity index (χ0v) is 15.9. The first kappa shape index (κ1) is 19.6. The number of nitrogens with zero attached hydrogens (tertiary/aromatic N) is 1. The molecule has 0 radical (unpaired) electrons. The van der Waals surface area contributed by atoms with Gasteiger partial charge in [0.1, 0.15) is 0 Å². The Balaban J connectivity index is 1.68. The van der Waals surface area contributed by atoms with Gasteiger partial charge in [0, 0.05) is 0 Å². The quantitative estimate of drug-likeness (QED) is 0.369. The Morgan fingerprint density at radius 2 is 1.84 bits per heavy atom. The van der Waals surface area contributed by atoms with Gasteiger partial charge in [0.2, 0.25) is 0 Å². The van der Waals surface area contributed by atoms with Crippen molar-refractivity contribution in [1.29, 1.82) is 5.26 Å². The summed E-state index contributed by atoms with van der Waals surface area (Å²) in [6, 6.07) is 10.3. The van der Waals surface area contributed by atoms with Gasteiger partial charge < -0.3 is 4.74 Å². The highest BCUT2D eigenvalue weighted by Crippen LogP contribution is 2.37. The summed E-state index contributed by atoms with van der Waals surface area (Å²) in [5, 5.41) is 8.91. The molecule has 1 aliphatic rings. The van der Waals surface area contributed by atoms with Crippen LogP contribution < -0.4 is 0 Å². The molecule has 0 amide bonds. The third kappa shape index (κ3) is 6.58. The molecule has 1 atom stereocenters. The van der Waals surface area contributed by atoms with Crippen molar-refractivity contribution in [3.05, 3.63) is 47.7 Å². The largest absolute Gasteiger partial charge is 0.498 e. The van der Waals surface area contributed by atoms with Crippen LogP contribution >= 0.6 is 0 Å². The maximum atomic E-state index is 8.91. The Bertz CT molecular complexity index is 546. The van der Waals surface area contributed by atoms with E-state index in [1.54, 1.807) is 0 Å². The van der Waals surface area contributed by atoms with Gasteiger partial charge in [-0.25, -0.2) is 0 Å². The Morgan fingerprint density at radius 3 is 2.48 bits per heavy atom. The number of ether oxygens (including phenoxy) is 1. The van der Waals surface area contributed by atoms with Crippen molar-refractivity contribution in [2.75, 3.05) is 0 Å². The Kier molecular flexibility index (Phi) is 8.60. The molecule has 0 spiro atoms. The number of benzene rings is 1. The number of hydrogen-bond donors (Lipinski definition) is 0. The van der Waals surface area contributed by atoms with E-state index in [2.05, 4.69) is 38.1 Å². The van der Waals surface area contributed by atoms with Gasteiger partial charge in [-0.15, -0.1) is 0 Å². The van der Waals surface area contributed by atoms with Gasteiger partial charge in [0.15, 0.2) is 0 Å². The monoisotopic (exact) mass is 339 g/mol. The van der Waals surface area contributed by atoms with Crippen molar-refractivity contribution in [3.8, 4) is 6.07 Å². The molecule has 0 bridgehead atoms. The van der Waals surface area contributed by atoms with Crippen LogP contribution in [0.2, 0.25) is 0 Å². The van der Waals surface area contributed by atoms with Crippen LogP contribution in [0.25, 0.3) is 0 Å². The summed E-state index contributed by atoms with van der Waals surface area (Å²) < 4.78 is 5.94. The summed E-state index contributed by atoms with van der Waals surface area (Å²) in [5.41, 5.74) is 2.14. The minimum Gasteiger partial charge on any atom is -0.498 e. The van der Waals surface area contributed by atoms with Gasteiger partial charge in [0.25, 0.3) is 0 Å². The van der Waals surface area contributed by atoms with Crippen molar-refractivity contribution in [3.63, 3.8) is 0 Å². The van der Waals surface area contributed by atoms with E-state index in [0.29, 0.717) is 17.9 Å². The molecule has 1 aliphatic carbocycles. The molecular weight excluding hydrogens is 306 g/mol. The maximum Gasteiger partial charge on any atom is 0.0991 e. The van der Waals surface area contributed by atoms with Crippen LogP contribution in [-0.2, 0) is 4.74 Å². The topological polar surface area (TPSA) is 33.0 Å². The summed E-state index contributed by atoms with van der Waals surface area (Å²) in [4.78, 5) is 0. The predicted molar refractivity (Wildman–Crippen MR) is 104 cm³/mol. The lowest BCUT2D eigenvalue weighted by Crippen LogP contribution is -2.24. The molecule has 25 heavy (non-hydrogen) atoms. The number of unbranched alkanes of at least 4 members (excludes halogenated alkanes) is 4. The Morgan fingerprint density at radius 1 is 1.12 bits per heavy atom. The SMILES string of the molecule is CCCCCC/C=C/OC(C)C1CCC(c2ccc(C#N)cc2)CC1. The average Bonchev–Trinajstić information content (AvgIpc) is 2.67. The van der Waals surface area contributed by atoms with Crippen molar-refractivity contribution < 1.29 is 4.74 Å². The van der Waals surface area contributed by atoms with E-state index >= 15 is 0 Å². The molecule has 0 N–H and O–H groups in total. The van der Waals surface area contributed by atoms with Gasteiger partial charge in [-0.2, -0.15) is 5.26 Å². The number of rotatable bonds is 9. The predicted octanol–water partition coefficient (Wildman–Crippen LogP) is 6.72. The lowest BCUT2D eigenvalue weighted by molar-refractivity contribution is 0.0775. The smallest absolute Gasteiger partial charge is 0.0991 e. The molecule has 0 saturated heterocycles. The first-order valence-corrected chi connectivity index (χ1v) is 10.0. The molecular formula is C23H33NO. The van der Waals surface area contributed by atoms with Gasteiger partial charge >= 0.3 is 0 Å². The molecule has 2 nitrogen and oxygen atoms in total. The van der Waals surface area contributed by atoms with E-state index in [4.69, 9.17) is 10.00 Å². The normalized spacial score (nSPS) is 21.8. The fourth-order valence-electron chi connectivity index (χ4n) is 3.80. The van der Waals surface area contributed by atoms with Crippen molar-refractivity contribution in [2.24, 2.45) is 5.92 Å². The second kappa shape index (κ2) is 11.0.